The molecule has 3 rings (SSSR count). The minimum absolute atomic E-state index is 0.0588. The Labute approximate surface area is 147 Å². The molecule has 0 unspecified atom stereocenters. The monoisotopic (exact) mass is 355 g/mol. The van der Waals surface area contributed by atoms with Gasteiger partial charge in [-0.25, -0.2) is 4.98 Å². The highest BCUT2D eigenvalue weighted by Crippen LogP contribution is 2.26. The van der Waals surface area contributed by atoms with Gasteiger partial charge >= 0.3 is 0 Å². The lowest BCUT2D eigenvalue weighted by molar-refractivity contribution is -0.304. The fourth-order valence-electron chi connectivity index (χ4n) is 2.56. The lowest BCUT2D eigenvalue weighted by atomic mass is 10.0. The normalized spacial score (nSPS) is 10.7. The quantitative estimate of drug-likeness (QED) is 0.691. The van der Waals surface area contributed by atoms with E-state index in [1.54, 1.807) is 11.4 Å². The molecule has 0 atom stereocenters. The van der Waals surface area contributed by atoms with Gasteiger partial charge in [-0.05, 0) is 16.8 Å². The number of fused-ring (bicyclic) bond motifs is 1. The van der Waals surface area contributed by atoms with Gasteiger partial charge in [0.05, 0.1) is 12.1 Å². The van der Waals surface area contributed by atoms with Crippen LogP contribution in [0.25, 0.3) is 10.8 Å². The highest BCUT2D eigenvalue weighted by atomic mass is 32.1. The Morgan fingerprint density at radius 3 is 2.76 bits per heavy atom. The fourth-order valence-corrected chi connectivity index (χ4v) is 3.35. The van der Waals surface area contributed by atoms with Crippen molar-refractivity contribution >= 4 is 34.0 Å². The van der Waals surface area contributed by atoms with Crippen LogP contribution in [0, 0.1) is 0 Å². The van der Waals surface area contributed by atoms with E-state index in [-0.39, 0.29) is 31.0 Å². The summed E-state index contributed by atoms with van der Waals surface area (Å²) < 4.78 is 0. The first kappa shape index (κ1) is 16.9. The van der Waals surface area contributed by atoms with Gasteiger partial charge in [0, 0.05) is 29.9 Å². The molecule has 0 aliphatic rings. The van der Waals surface area contributed by atoms with Crippen LogP contribution in [0.2, 0.25) is 0 Å². The van der Waals surface area contributed by atoms with Crippen molar-refractivity contribution in [2.75, 3.05) is 0 Å². The molecule has 128 valence electrons. The van der Waals surface area contributed by atoms with E-state index < -0.39 is 5.97 Å². The Kier molecular flexibility index (Phi) is 4.95. The van der Waals surface area contributed by atoms with E-state index in [0.717, 1.165) is 10.8 Å². The number of phenols is 1. The number of carboxylic acid groups (broad SMARTS) is 1. The summed E-state index contributed by atoms with van der Waals surface area (Å²) in [7, 11) is 0. The van der Waals surface area contributed by atoms with Crippen molar-refractivity contribution in [2.24, 2.45) is 0 Å². The molecule has 6 nitrogen and oxygen atoms in total. The summed E-state index contributed by atoms with van der Waals surface area (Å²) in [5, 5.41) is 27.4. The number of benzene rings is 2. The summed E-state index contributed by atoms with van der Waals surface area (Å²) in [4.78, 5) is 26.8. The number of rotatable bonds is 6. The average Bonchev–Trinajstić information content (AvgIpc) is 3.00. The summed E-state index contributed by atoms with van der Waals surface area (Å²) in [5.74, 6) is -1.32. The van der Waals surface area contributed by atoms with E-state index in [9.17, 15) is 19.8 Å². The Hall–Kier alpha value is -2.93. The molecule has 2 N–H and O–H groups in total. The fraction of sp³-hybridized carbons (Fsp3) is 0.167. The van der Waals surface area contributed by atoms with Gasteiger partial charge in [-0.15, -0.1) is 11.3 Å². The Morgan fingerprint density at radius 1 is 1.16 bits per heavy atom. The zero-order valence-electron chi connectivity index (χ0n) is 13.2. The smallest absolute Gasteiger partial charge is 0.227 e. The van der Waals surface area contributed by atoms with Crippen molar-refractivity contribution in [2.45, 2.75) is 19.4 Å². The lowest BCUT2D eigenvalue weighted by Crippen LogP contribution is -2.25. The Balaban J connectivity index is 1.66. The number of hydrogen-bond donors (Lipinski definition) is 2. The van der Waals surface area contributed by atoms with Crippen molar-refractivity contribution in [1.29, 1.82) is 0 Å². The second-order valence-electron chi connectivity index (χ2n) is 5.52. The number of amides is 1. The van der Waals surface area contributed by atoms with E-state index in [1.165, 1.54) is 11.3 Å². The number of hydrogen-bond acceptors (Lipinski definition) is 6. The van der Waals surface area contributed by atoms with E-state index in [1.807, 2.05) is 30.3 Å². The summed E-state index contributed by atoms with van der Waals surface area (Å²) in [5.41, 5.74) is 1.04. The van der Waals surface area contributed by atoms with Crippen LogP contribution in [0.3, 0.4) is 0 Å². The lowest BCUT2D eigenvalue weighted by Gasteiger charge is -2.10. The molecule has 0 saturated heterocycles. The number of carbonyl (C=O) groups is 2. The second kappa shape index (κ2) is 7.31. The van der Waals surface area contributed by atoms with Gasteiger partial charge in [0.15, 0.2) is 0 Å². The van der Waals surface area contributed by atoms with Crippen molar-refractivity contribution in [3.63, 3.8) is 0 Å². The highest BCUT2D eigenvalue weighted by Gasteiger charge is 2.11. The largest absolute Gasteiger partial charge is 0.550 e. The highest BCUT2D eigenvalue weighted by molar-refractivity contribution is 7.09. The Morgan fingerprint density at radius 2 is 1.96 bits per heavy atom. The zero-order valence-corrected chi connectivity index (χ0v) is 14.0. The van der Waals surface area contributed by atoms with E-state index in [0.29, 0.717) is 16.3 Å². The number of aliphatic carboxylic acids is 1. The molecule has 25 heavy (non-hydrogen) atoms. The summed E-state index contributed by atoms with van der Waals surface area (Å²) in [6, 6.07) is 11.1. The SMILES string of the molecule is O=C([O-])Cc1csc(CC(=O)NCc2c(O)ccc3ccccc23)n1. The van der Waals surface area contributed by atoms with Crippen molar-refractivity contribution in [3.05, 3.63) is 58.0 Å². The predicted octanol–water partition coefficient (Wildman–Crippen LogP) is 1.15. The number of aromatic nitrogens is 1. The predicted molar refractivity (Wildman–Crippen MR) is 92.0 cm³/mol. The van der Waals surface area contributed by atoms with Crippen LogP contribution in [0.5, 0.6) is 5.75 Å². The summed E-state index contributed by atoms with van der Waals surface area (Å²) >= 11 is 1.23. The van der Waals surface area contributed by atoms with Crippen molar-refractivity contribution < 1.29 is 19.8 Å². The van der Waals surface area contributed by atoms with Crippen LogP contribution in [-0.4, -0.2) is 22.0 Å². The first-order valence-corrected chi connectivity index (χ1v) is 8.50. The third-order valence-electron chi connectivity index (χ3n) is 3.71. The number of thiazole rings is 1. The van der Waals surface area contributed by atoms with Crippen LogP contribution in [-0.2, 0) is 29.0 Å². The molecule has 2 aromatic carbocycles. The molecule has 7 heteroatoms. The molecular formula is C18H15N2O4S-. The first-order valence-electron chi connectivity index (χ1n) is 7.62. The standard InChI is InChI=1S/C18H16N2O4S/c21-15-6-5-11-3-1-2-4-13(11)14(15)9-19-16(22)8-17-20-12(10-25-17)7-18(23)24/h1-6,10,21H,7-9H2,(H,19,22)(H,23,24)/p-1. The molecule has 0 spiro atoms. The number of nitrogens with one attached hydrogen (secondary N) is 1. The Bertz CT molecular complexity index is 936. The summed E-state index contributed by atoms with van der Waals surface area (Å²) in [6.07, 6.45) is -0.203. The maximum atomic E-state index is 12.1. The molecule has 1 heterocycles. The molecule has 1 aromatic heterocycles. The van der Waals surface area contributed by atoms with Gasteiger partial charge in [0.2, 0.25) is 5.91 Å². The number of carbonyl (C=O) groups excluding carboxylic acids is 2. The number of nitrogens with zero attached hydrogens (tertiary/aromatic N) is 1. The molecular weight excluding hydrogens is 340 g/mol. The molecule has 1 amide bonds. The molecule has 0 aliphatic carbocycles. The maximum Gasteiger partial charge on any atom is 0.227 e. The van der Waals surface area contributed by atoms with E-state index in [2.05, 4.69) is 10.3 Å². The van der Waals surface area contributed by atoms with Crippen LogP contribution in [0.15, 0.2) is 41.8 Å². The molecule has 0 fully saturated rings. The summed E-state index contributed by atoms with van der Waals surface area (Å²) in [6.45, 7) is 0.198. The van der Waals surface area contributed by atoms with Crippen LogP contribution < -0.4 is 10.4 Å². The van der Waals surface area contributed by atoms with Gasteiger partial charge in [-0.1, -0.05) is 30.3 Å². The molecule has 0 saturated carbocycles. The van der Waals surface area contributed by atoms with Crippen molar-refractivity contribution in [1.82, 2.24) is 10.3 Å². The van der Waals surface area contributed by atoms with E-state index in [4.69, 9.17) is 0 Å². The third-order valence-corrected chi connectivity index (χ3v) is 4.61. The second-order valence-corrected chi connectivity index (χ2v) is 6.46. The molecule has 0 bridgehead atoms. The minimum Gasteiger partial charge on any atom is -0.550 e. The van der Waals surface area contributed by atoms with Crippen LogP contribution >= 0.6 is 11.3 Å². The molecule has 0 radical (unpaired) electrons. The minimum atomic E-state index is -1.20. The topological polar surface area (TPSA) is 102 Å². The average molecular weight is 355 g/mol. The van der Waals surface area contributed by atoms with Crippen LogP contribution in [0.1, 0.15) is 16.3 Å². The first-order chi connectivity index (χ1) is 12.0. The van der Waals surface area contributed by atoms with Gasteiger partial charge in [0.25, 0.3) is 0 Å². The number of phenolic OH excluding ortho intramolecular Hbond substituents is 1. The number of aromatic hydroxyl groups is 1. The van der Waals surface area contributed by atoms with Crippen LogP contribution in [0.4, 0.5) is 0 Å². The zero-order chi connectivity index (χ0) is 17.8. The van der Waals surface area contributed by atoms with E-state index >= 15 is 0 Å². The molecule has 0 aliphatic heterocycles. The van der Waals surface area contributed by atoms with Gasteiger partial charge in [-0.2, -0.15) is 0 Å². The van der Waals surface area contributed by atoms with Gasteiger partial charge in [-0.3, -0.25) is 4.79 Å². The van der Waals surface area contributed by atoms with Gasteiger partial charge < -0.3 is 20.3 Å². The maximum absolute atomic E-state index is 12.1. The number of carboxylic acids is 1. The van der Waals surface area contributed by atoms with Gasteiger partial charge in [0.1, 0.15) is 10.8 Å². The molecule has 3 aromatic rings. The van der Waals surface area contributed by atoms with Crippen molar-refractivity contribution in [3.8, 4) is 5.75 Å². The third kappa shape index (κ3) is 4.13.